The van der Waals surface area contributed by atoms with E-state index in [-0.39, 0.29) is 6.61 Å². The summed E-state index contributed by atoms with van der Waals surface area (Å²) >= 11 is 0. The maximum absolute atomic E-state index is 8.44. The number of hydrogen-bond donors (Lipinski definition) is 1. The molecule has 1 aromatic carbocycles. The first-order valence-corrected chi connectivity index (χ1v) is 4.77. The molecule has 1 atom stereocenters. The van der Waals surface area contributed by atoms with Gasteiger partial charge in [0.2, 0.25) is 0 Å². The minimum Gasteiger partial charge on any atom is -0.392 e. The molecule has 2 heteroatoms. The van der Waals surface area contributed by atoms with Gasteiger partial charge in [0.1, 0.15) is 0 Å². The van der Waals surface area contributed by atoms with E-state index >= 15 is 0 Å². The normalized spacial score (nSPS) is 18.9. The second kappa shape index (κ2) is 6.35. The predicted octanol–water partition coefficient (Wildman–Crippen LogP) is 2.10. The van der Waals surface area contributed by atoms with Crippen LogP contribution in [0, 0.1) is 0 Å². The fourth-order valence-corrected chi connectivity index (χ4v) is 0.849. The first-order chi connectivity index (χ1) is 6.83. The summed E-state index contributed by atoms with van der Waals surface area (Å²) in [6, 6.07) is 9.89. The Kier molecular flexibility index (Phi) is 4.97. The zero-order chi connectivity index (χ0) is 10.2. The highest BCUT2D eigenvalue weighted by atomic mass is 16.6. The number of rotatable bonds is 2. The fourth-order valence-electron chi connectivity index (χ4n) is 0.849. The van der Waals surface area contributed by atoms with E-state index in [4.69, 9.17) is 9.84 Å². The standard InChI is InChI=1S/C9H10O.C3H6O/c10-8-4-7-9-5-2-1-3-6-9;1-3-2-4-3/h1-7,10H,8H2;3H,2H2,1H3. The van der Waals surface area contributed by atoms with E-state index in [0.717, 1.165) is 12.2 Å². The van der Waals surface area contributed by atoms with Crippen LogP contribution in [0.4, 0.5) is 0 Å². The van der Waals surface area contributed by atoms with Crippen molar-refractivity contribution in [2.45, 2.75) is 13.0 Å². The summed E-state index contributed by atoms with van der Waals surface area (Å²) in [5.74, 6) is 0. The predicted molar refractivity (Wildman–Crippen MR) is 58.0 cm³/mol. The molecule has 1 saturated heterocycles. The van der Waals surface area contributed by atoms with Crippen molar-refractivity contribution in [3.63, 3.8) is 0 Å². The molecule has 1 aliphatic rings. The van der Waals surface area contributed by atoms with Crippen LogP contribution in [0.1, 0.15) is 12.5 Å². The van der Waals surface area contributed by atoms with E-state index in [1.807, 2.05) is 36.4 Å². The van der Waals surface area contributed by atoms with Gasteiger partial charge < -0.3 is 9.84 Å². The third kappa shape index (κ3) is 5.51. The monoisotopic (exact) mass is 192 g/mol. The highest BCUT2D eigenvalue weighted by molar-refractivity contribution is 5.48. The molecule has 0 bridgehead atoms. The summed E-state index contributed by atoms with van der Waals surface area (Å²) in [6.45, 7) is 3.15. The lowest BCUT2D eigenvalue weighted by Crippen LogP contribution is -1.72. The van der Waals surface area contributed by atoms with Crippen molar-refractivity contribution >= 4 is 6.08 Å². The summed E-state index contributed by atoms with van der Waals surface area (Å²) in [5.41, 5.74) is 1.12. The molecule has 76 valence electrons. The van der Waals surface area contributed by atoms with Crippen LogP contribution < -0.4 is 0 Å². The molecule has 0 aliphatic carbocycles. The van der Waals surface area contributed by atoms with Crippen LogP contribution in [-0.4, -0.2) is 24.4 Å². The van der Waals surface area contributed by atoms with Gasteiger partial charge in [0.15, 0.2) is 0 Å². The number of benzene rings is 1. The topological polar surface area (TPSA) is 32.8 Å². The molecule has 0 aromatic heterocycles. The Balaban J connectivity index is 0.000000203. The zero-order valence-electron chi connectivity index (χ0n) is 8.39. The molecule has 0 saturated carbocycles. The molecule has 1 unspecified atom stereocenters. The Morgan fingerprint density at radius 1 is 1.43 bits per heavy atom. The molecule has 0 radical (unpaired) electrons. The number of aliphatic hydroxyl groups excluding tert-OH is 1. The molecule has 14 heavy (non-hydrogen) atoms. The van der Waals surface area contributed by atoms with E-state index in [1.54, 1.807) is 6.08 Å². The molecule has 2 nitrogen and oxygen atoms in total. The Hall–Kier alpha value is -1.12. The van der Waals surface area contributed by atoms with Gasteiger partial charge >= 0.3 is 0 Å². The summed E-state index contributed by atoms with van der Waals surface area (Å²) in [5, 5.41) is 8.44. The van der Waals surface area contributed by atoms with Gasteiger partial charge in [-0.25, -0.2) is 0 Å². The van der Waals surface area contributed by atoms with E-state index in [0.29, 0.717) is 6.10 Å². The minimum atomic E-state index is 0.106. The van der Waals surface area contributed by atoms with Crippen molar-refractivity contribution < 1.29 is 9.84 Å². The van der Waals surface area contributed by atoms with Gasteiger partial charge in [-0.3, -0.25) is 0 Å². The van der Waals surface area contributed by atoms with E-state index < -0.39 is 0 Å². The lowest BCUT2D eigenvalue weighted by atomic mass is 10.2. The van der Waals surface area contributed by atoms with E-state index in [2.05, 4.69) is 6.92 Å². The smallest absolute Gasteiger partial charge is 0.0781 e. The number of aliphatic hydroxyl groups is 1. The summed E-state index contributed by atoms with van der Waals surface area (Å²) in [4.78, 5) is 0. The van der Waals surface area contributed by atoms with Gasteiger partial charge in [-0.05, 0) is 12.5 Å². The van der Waals surface area contributed by atoms with Gasteiger partial charge in [-0.1, -0.05) is 42.5 Å². The maximum atomic E-state index is 8.44. The molecule has 2 rings (SSSR count). The van der Waals surface area contributed by atoms with Crippen molar-refractivity contribution in [3.8, 4) is 0 Å². The number of epoxide rings is 1. The van der Waals surface area contributed by atoms with E-state index in [9.17, 15) is 0 Å². The van der Waals surface area contributed by atoms with Crippen LogP contribution in [0.3, 0.4) is 0 Å². The fraction of sp³-hybridized carbons (Fsp3) is 0.333. The van der Waals surface area contributed by atoms with E-state index in [1.165, 1.54) is 0 Å². The Labute approximate surface area is 84.8 Å². The van der Waals surface area contributed by atoms with Crippen molar-refractivity contribution in [2.75, 3.05) is 13.2 Å². The van der Waals surface area contributed by atoms with Crippen molar-refractivity contribution in [3.05, 3.63) is 42.0 Å². The summed E-state index contributed by atoms with van der Waals surface area (Å²) < 4.78 is 4.71. The summed E-state index contributed by atoms with van der Waals surface area (Å²) in [6.07, 6.45) is 4.19. The first-order valence-electron chi connectivity index (χ1n) is 4.77. The van der Waals surface area contributed by atoms with Crippen LogP contribution in [-0.2, 0) is 4.74 Å². The highest BCUT2D eigenvalue weighted by Crippen LogP contribution is 2.04. The lowest BCUT2D eigenvalue weighted by molar-refractivity contribution is 0.343. The third-order valence-electron chi connectivity index (χ3n) is 1.72. The van der Waals surface area contributed by atoms with Gasteiger partial charge in [0.25, 0.3) is 0 Å². The van der Waals surface area contributed by atoms with Crippen molar-refractivity contribution in [1.29, 1.82) is 0 Å². The minimum absolute atomic E-state index is 0.106. The van der Waals surface area contributed by atoms with Crippen LogP contribution in [0.5, 0.6) is 0 Å². The lowest BCUT2D eigenvalue weighted by Gasteiger charge is -1.88. The maximum Gasteiger partial charge on any atom is 0.0781 e. The zero-order valence-corrected chi connectivity index (χ0v) is 8.39. The molecule has 1 aromatic rings. The van der Waals surface area contributed by atoms with Crippen LogP contribution >= 0.6 is 0 Å². The Morgan fingerprint density at radius 2 is 2.00 bits per heavy atom. The summed E-state index contributed by atoms with van der Waals surface area (Å²) in [7, 11) is 0. The molecular formula is C12H16O2. The SMILES string of the molecule is CC1CO1.OCC=Cc1ccccc1. The quantitative estimate of drug-likeness (QED) is 0.728. The van der Waals surface area contributed by atoms with Crippen LogP contribution in [0.25, 0.3) is 6.08 Å². The molecule has 1 aliphatic heterocycles. The number of hydrogen-bond acceptors (Lipinski definition) is 2. The number of ether oxygens (including phenoxy) is 1. The molecule has 0 amide bonds. The molecular weight excluding hydrogens is 176 g/mol. The molecule has 1 heterocycles. The second-order valence-corrected chi connectivity index (χ2v) is 3.14. The Morgan fingerprint density at radius 3 is 2.43 bits per heavy atom. The van der Waals surface area contributed by atoms with Gasteiger partial charge in [-0.15, -0.1) is 0 Å². The van der Waals surface area contributed by atoms with Gasteiger partial charge in [0, 0.05) is 0 Å². The van der Waals surface area contributed by atoms with Crippen LogP contribution in [0.2, 0.25) is 0 Å². The molecule has 1 N–H and O–H groups in total. The van der Waals surface area contributed by atoms with Crippen molar-refractivity contribution in [2.24, 2.45) is 0 Å². The molecule has 1 fully saturated rings. The van der Waals surface area contributed by atoms with Crippen molar-refractivity contribution in [1.82, 2.24) is 0 Å². The Bertz CT molecular complexity index is 263. The average molecular weight is 192 g/mol. The largest absolute Gasteiger partial charge is 0.392 e. The first kappa shape index (κ1) is 11.0. The highest BCUT2D eigenvalue weighted by Gasteiger charge is 2.13. The van der Waals surface area contributed by atoms with Gasteiger partial charge in [0.05, 0.1) is 19.3 Å². The van der Waals surface area contributed by atoms with Gasteiger partial charge in [-0.2, -0.15) is 0 Å². The average Bonchev–Trinajstić information content (AvgIpc) is 3.00. The second-order valence-electron chi connectivity index (χ2n) is 3.14. The molecule has 0 spiro atoms. The van der Waals surface area contributed by atoms with Crippen LogP contribution in [0.15, 0.2) is 36.4 Å². The third-order valence-corrected chi connectivity index (χ3v) is 1.72.